The summed E-state index contributed by atoms with van der Waals surface area (Å²) >= 11 is 1.91. The molecule has 0 aliphatic carbocycles. The fourth-order valence-corrected chi connectivity index (χ4v) is 8.38. The Morgan fingerprint density at radius 3 is 1.82 bits per heavy atom. The van der Waals surface area contributed by atoms with Crippen molar-refractivity contribution in [1.29, 1.82) is 0 Å². The van der Waals surface area contributed by atoms with Gasteiger partial charge in [0.05, 0.1) is 0 Å². The van der Waals surface area contributed by atoms with Crippen LogP contribution in [0.1, 0.15) is 25.0 Å². The van der Waals surface area contributed by atoms with Crippen LogP contribution in [-0.2, 0) is 6.42 Å². The Morgan fingerprint density at radius 2 is 1.09 bits per heavy atom. The highest BCUT2D eigenvalue weighted by atomic mass is 32.1. The quantitative estimate of drug-likeness (QED) is 0.190. The van der Waals surface area contributed by atoms with Gasteiger partial charge in [-0.2, -0.15) is 0 Å². The van der Waals surface area contributed by atoms with Crippen LogP contribution in [0.25, 0.3) is 81.2 Å². The fraction of sp³-hybridized carbons (Fsp3) is 0.0698. The van der Waals surface area contributed by atoms with E-state index in [0.717, 1.165) is 6.42 Å². The molecule has 8 aromatic rings. The number of allylic oxidation sites excluding steroid dienone is 1. The Bertz CT molecular complexity index is 2370. The second kappa shape index (κ2) is 10.9. The van der Waals surface area contributed by atoms with E-state index in [1.807, 2.05) is 11.3 Å². The van der Waals surface area contributed by atoms with E-state index in [9.17, 15) is 0 Å². The lowest BCUT2D eigenvalue weighted by Gasteiger charge is -2.23. The summed E-state index contributed by atoms with van der Waals surface area (Å²) in [5.74, 6) is 0. The van der Waals surface area contributed by atoms with Crippen LogP contribution in [0.15, 0.2) is 140 Å². The highest BCUT2D eigenvalue weighted by Crippen LogP contribution is 2.48. The number of rotatable bonds is 5. The van der Waals surface area contributed by atoms with Crippen molar-refractivity contribution in [2.24, 2.45) is 0 Å². The van der Waals surface area contributed by atoms with Crippen molar-refractivity contribution >= 4 is 59.1 Å². The molecule has 0 unspecified atom stereocenters. The van der Waals surface area contributed by atoms with E-state index in [0.29, 0.717) is 0 Å². The smallest absolute Gasteiger partial charge is 0.0434 e. The molecule has 0 amide bonds. The predicted molar refractivity (Wildman–Crippen MR) is 195 cm³/mol. The first kappa shape index (κ1) is 26.6. The summed E-state index contributed by atoms with van der Waals surface area (Å²) in [5, 5.41) is 7.86. The lowest BCUT2D eigenvalue weighted by atomic mass is 9.80. The van der Waals surface area contributed by atoms with E-state index < -0.39 is 0 Å². The molecule has 1 heterocycles. The Labute approximate surface area is 262 Å². The molecular weight excluding hydrogens is 549 g/mol. The highest BCUT2D eigenvalue weighted by molar-refractivity contribution is 7.26. The van der Waals surface area contributed by atoms with Crippen LogP contribution in [0.2, 0.25) is 0 Å². The van der Waals surface area contributed by atoms with Gasteiger partial charge >= 0.3 is 0 Å². The number of fused-ring (bicyclic) bond motifs is 5. The van der Waals surface area contributed by atoms with Crippen LogP contribution < -0.4 is 0 Å². The summed E-state index contributed by atoms with van der Waals surface area (Å²) in [5.41, 5.74) is 10.5. The lowest BCUT2D eigenvalue weighted by molar-refractivity contribution is 1.14. The van der Waals surface area contributed by atoms with Crippen molar-refractivity contribution in [2.75, 3.05) is 0 Å². The zero-order chi connectivity index (χ0) is 29.6. The van der Waals surface area contributed by atoms with Gasteiger partial charge in [-0.3, -0.25) is 0 Å². The molecule has 0 fully saturated rings. The second-order valence-corrected chi connectivity index (χ2v) is 12.4. The summed E-state index contributed by atoms with van der Waals surface area (Å²) in [7, 11) is 0. The molecule has 44 heavy (non-hydrogen) atoms. The van der Waals surface area contributed by atoms with Gasteiger partial charge < -0.3 is 0 Å². The van der Waals surface area contributed by atoms with Gasteiger partial charge in [0.25, 0.3) is 0 Å². The highest BCUT2D eigenvalue weighted by Gasteiger charge is 2.23. The molecule has 0 bridgehead atoms. The molecule has 0 saturated heterocycles. The molecule has 7 aromatic carbocycles. The van der Waals surface area contributed by atoms with Gasteiger partial charge in [-0.05, 0) is 79.9 Å². The topological polar surface area (TPSA) is 0 Å². The standard InChI is InChI=1S/C43H32S/c1-3-15-34-29(4-2)41(37-27-26-30(28-16-6-5-7-17-28)31-18-8-9-19-32(31)37)35-21-10-11-22-36(35)42(34)39-24-14-23-38-33-20-12-13-25-40(33)44-43(38)39/h3,5-27H,4H2,1-2H3/b15-3-. The number of benzene rings is 7. The monoisotopic (exact) mass is 580 g/mol. The predicted octanol–water partition coefficient (Wildman–Crippen LogP) is 13.0. The van der Waals surface area contributed by atoms with Gasteiger partial charge in [-0.15, -0.1) is 11.3 Å². The second-order valence-electron chi connectivity index (χ2n) is 11.4. The Morgan fingerprint density at radius 1 is 0.500 bits per heavy atom. The van der Waals surface area contributed by atoms with Crippen LogP contribution in [0.3, 0.4) is 0 Å². The van der Waals surface area contributed by atoms with Crippen molar-refractivity contribution in [2.45, 2.75) is 20.3 Å². The molecule has 0 nitrogen and oxygen atoms in total. The van der Waals surface area contributed by atoms with Gasteiger partial charge in [-0.25, -0.2) is 0 Å². The van der Waals surface area contributed by atoms with Crippen molar-refractivity contribution in [1.82, 2.24) is 0 Å². The minimum atomic E-state index is 0.935. The molecule has 210 valence electrons. The third-order valence-corrected chi connectivity index (χ3v) is 10.2. The lowest BCUT2D eigenvalue weighted by Crippen LogP contribution is -2.00. The van der Waals surface area contributed by atoms with Crippen LogP contribution in [0.5, 0.6) is 0 Å². The summed E-state index contributed by atoms with van der Waals surface area (Å²) in [4.78, 5) is 0. The molecule has 1 aromatic heterocycles. The van der Waals surface area contributed by atoms with Gasteiger partial charge in [0, 0.05) is 25.7 Å². The summed E-state index contributed by atoms with van der Waals surface area (Å²) < 4.78 is 2.70. The molecule has 0 atom stereocenters. The van der Waals surface area contributed by atoms with E-state index in [1.54, 1.807) is 0 Å². The van der Waals surface area contributed by atoms with Crippen molar-refractivity contribution in [3.8, 4) is 33.4 Å². The van der Waals surface area contributed by atoms with Crippen molar-refractivity contribution < 1.29 is 0 Å². The molecular formula is C43H32S. The van der Waals surface area contributed by atoms with Crippen molar-refractivity contribution in [3.63, 3.8) is 0 Å². The van der Waals surface area contributed by atoms with Crippen LogP contribution in [0, 0.1) is 0 Å². The normalized spacial score (nSPS) is 11.9. The zero-order valence-corrected chi connectivity index (χ0v) is 25.8. The van der Waals surface area contributed by atoms with Crippen LogP contribution in [-0.4, -0.2) is 0 Å². The van der Waals surface area contributed by atoms with Gasteiger partial charge in [0.15, 0.2) is 0 Å². The first-order valence-electron chi connectivity index (χ1n) is 15.5. The summed E-state index contributed by atoms with van der Waals surface area (Å²) in [6, 6.07) is 49.1. The minimum Gasteiger partial charge on any atom is -0.135 e. The van der Waals surface area contributed by atoms with E-state index in [-0.39, 0.29) is 0 Å². The fourth-order valence-electron chi connectivity index (χ4n) is 7.16. The number of hydrogen-bond acceptors (Lipinski definition) is 1. The maximum absolute atomic E-state index is 2.36. The molecule has 8 rings (SSSR count). The molecule has 0 N–H and O–H groups in total. The Balaban J connectivity index is 1.50. The van der Waals surface area contributed by atoms with Gasteiger partial charge in [0.2, 0.25) is 0 Å². The summed E-state index contributed by atoms with van der Waals surface area (Å²) in [6.07, 6.45) is 5.49. The van der Waals surface area contributed by atoms with Gasteiger partial charge in [-0.1, -0.05) is 146 Å². The number of thiophene rings is 1. The van der Waals surface area contributed by atoms with E-state index >= 15 is 0 Å². The molecule has 0 radical (unpaired) electrons. The largest absolute Gasteiger partial charge is 0.135 e. The maximum atomic E-state index is 2.36. The van der Waals surface area contributed by atoms with Gasteiger partial charge in [0.1, 0.15) is 0 Å². The van der Waals surface area contributed by atoms with Crippen molar-refractivity contribution in [3.05, 3.63) is 151 Å². The molecule has 1 heteroatoms. The van der Waals surface area contributed by atoms with E-state index in [2.05, 4.69) is 159 Å². The third kappa shape index (κ3) is 4.12. The Kier molecular flexibility index (Phi) is 6.62. The number of hydrogen-bond donors (Lipinski definition) is 0. The van der Waals surface area contributed by atoms with Crippen LogP contribution >= 0.6 is 11.3 Å². The molecule has 0 aliphatic rings. The average molecular weight is 581 g/mol. The minimum absolute atomic E-state index is 0.935. The SMILES string of the molecule is C/C=C\c1c(CC)c(-c2ccc(-c3ccccc3)c3ccccc23)c2ccccc2c1-c1cccc2c1sc1ccccc12. The maximum Gasteiger partial charge on any atom is 0.0434 e. The molecule has 0 spiro atoms. The molecule has 0 aliphatic heterocycles. The first-order valence-corrected chi connectivity index (χ1v) is 16.3. The third-order valence-electron chi connectivity index (χ3n) is 9.00. The zero-order valence-electron chi connectivity index (χ0n) is 25.0. The van der Waals surface area contributed by atoms with E-state index in [4.69, 9.17) is 0 Å². The molecule has 0 saturated carbocycles. The Hall–Kier alpha value is -4.98. The van der Waals surface area contributed by atoms with Crippen LogP contribution in [0.4, 0.5) is 0 Å². The van der Waals surface area contributed by atoms with E-state index in [1.165, 1.54) is 86.2 Å². The first-order chi connectivity index (χ1) is 21.8. The summed E-state index contributed by atoms with van der Waals surface area (Å²) in [6.45, 7) is 4.45. The average Bonchev–Trinajstić information content (AvgIpc) is 3.47.